The lowest BCUT2D eigenvalue weighted by molar-refractivity contribution is -0.126. The van der Waals surface area contributed by atoms with Gasteiger partial charge in [0.25, 0.3) is 0 Å². The smallest absolute Gasteiger partial charge is 0.224 e. The minimum absolute atomic E-state index is 0.111. The topological polar surface area (TPSA) is 85.2 Å². The summed E-state index contributed by atoms with van der Waals surface area (Å²) in [5.74, 6) is -0.230. The first kappa shape index (κ1) is 13.0. The predicted molar refractivity (Wildman–Crippen MR) is 69.5 cm³/mol. The molecule has 0 aliphatic carbocycles. The third-order valence-electron chi connectivity index (χ3n) is 3.83. The molecule has 1 aromatic heterocycles. The van der Waals surface area contributed by atoms with Crippen LogP contribution in [0.25, 0.3) is 0 Å². The van der Waals surface area contributed by atoms with Gasteiger partial charge in [-0.05, 0) is 31.5 Å². The summed E-state index contributed by atoms with van der Waals surface area (Å²) in [6.07, 6.45) is 4.37. The summed E-state index contributed by atoms with van der Waals surface area (Å²) >= 11 is 0. The van der Waals surface area contributed by atoms with Crippen molar-refractivity contribution in [2.75, 3.05) is 19.6 Å². The van der Waals surface area contributed by atoms with Gasteiger partial charge in [-0.3, -0.25) is 14.7 Å². The highest BCUT2D eigenvalue weighted by atomic mass is 16.1. The van der Waals surface area contributed by atoms with Crippen LogP contribution < -0.4 is 11.5 Å². The van der Waals surface area contributed by atoms with Crippen LogP contribution in [0.2, 0.25) is 0 Å². The Balaban J connectivity index is 2.15. The molecule has 18 heavy (non-hydrogen) atoms. The average Bonchev–Trinajstić information content (AvgIpc) is 2.76. The lowest BCUT2D eigenvalue weighted by Gasteiger charge is -2.28. The van der Waals surface area contributed by atoms with Crippen LogP contribution in [0.5, 0.6) is 0 Å². The summed E-state index contributed by atoms with van der Waals surface area (Å²) in [5, 5.41) is 0. The largest absolute Gasteiger partial charge is 0.369 e. The molecule has 2 unspecified atom stereocenters. The maximum Gasteiger partial charge on any atom is 0.224 e. The van der Waals surface area contributed by atoms with Crippen LogP contribution in [0.1, 0.15) is 24.9 Å². The fraction of sp³-hybridized carbons (Fsp3) is 0.538. The van der Waals surface area contributed by atoms with Crippen molar-refractivity contribution in [2.24, 2.45) is 16.9 Å². The van der Waals surface area contributed by atoms with Crippen molar-refractivity contribution in [1.29, 1.82) is 0 Å². The van der Waals surface area contributed by atoms with Gasteiger partial charge in [0.15, 0.2) is 0 Å². The number of aromatic nitrogens is 1. The van der Waals surface area contributed by atoms with E-state index in [2.05, 4.69) is 9.88 Å². The molecule has 0 spiro atoms. The molecule has 1 saturated heterocycles. The molecule has 1 aliphatic heterocycles. The number of carbonyl (C=O) groups is 1. The van der Waals surface area contributed by atoms with Crippen molar-refractivity contribution in [3.05, 3.63) is 30.1 Å². The summed E-state index contributed by atoms with van der Waals surface area (Å²) in [4.78, 5) is 17.8. The van der Waals surface area contributed by atoms with Crippen molar-refractivity contribution >= 4 is 5.91 Å². The van der Waals surface area contributed by atoms with Crippen molar-refractivity contribution in [3.63, 3.8) is 0 Å². The van der Waals surface area contributed by atoms with E-state index in [9.17, 15) is 4.79 Å². The molecule has 98 valence electrons. The molecule has 1 fully saturated rings. The van der Waals surface area contributed by atoms with Crippen LogP contribution in [0.4, 0.5) is 0 Å². The summed E-state index contributed by atoms with van der Waals surface area (Å²) < 4.78 is 0. The number of likely N-dealkylation sites (tertiary alicyclic amines) is 1. The van der Waals surface area contributed by atoms with Gasteiger partial charge in [-0.15, -0.1) is 0 Å². The van der Waals surface area contributed by atoms with Gasteiger partial charge in [0.1, 0.15) is 0 Å². The Bertz CT molecular complexity index is 422. The van der Waals surface area contributed by atoms with E-state index < -0.39 is 5.41 Å². The van der Waals surface area contributed by atoms with Gasteiger partial charge in [-0.25, -0.2) is 0 Å². The van der Waals surface area contributed by atoms with Crippen LogP contribution in [0.15, 0.2) is 24.5 Å². The van der Waals surface area contributed by atoms with Crippen molar-refractivity contribution in [3.8, 4) is 0 Å². The molecule has 1 aliphatic rings. The van der Waals surface area contributed by atoms with Crippen LogP contribution in [0, 0.1) is 5.41 Å². The van der Waals surface area contributed by atoms with E-state index in [1.807, 2.05) is 25.3 Å². The molecule has 0 radical (unpaired) electrons. The van der Waals surface area contributed by atoms with Gasteiger partial charge in [-0.1, -0.05) is 6.07 Å². The number of nitrogens with zero attached hydrogens (tertiary/aromatic N) is 2. The van der Waals surface area contributed by atoms with Crippen LogP contribution in [0.3, 0.4) is 0 Å². The summed E-state index contributed by atoms with van der Waals surface area (Å²) in [6, 6.07) is 4.03. The van der Waals surface area contributed by atoms with E-state index in [1.54, 1.807) is 6.20 Å². The molecule has 5 nitrogen and oxygen atoms in total. The zero-order valence-corrected chi connectivity index (χ0v) is 10.7. The number of primary amides is 1. The second-order valence-electron chi connectivity index (χ2n) is 5.18. The van der Waals surface area contributed by atoms with Gasteiger partial charge in [0, 0.05) is 31.5 Å². The van der Waals surface area contributed by atoms with Crippen molar-refractivity contribution in [1.82, 2.24) is 9.88 Å². The van der Waals surface area contributed by atoms with E-state index in [0.717, 1.165) is 18.5 Å². The molecule has 1 amide bonds. The quantitative estimate of drug-likeness (QED) is 0.801. The molecule has 0 saturated carbocycles. The Labute approximate surface area is 107 Å². The molecule has 5 heteroatoms. The average molecular weight is 248 g/mol. The van der Waals surface area contributed by atoms with Gasteiger partial charge < -0.3 is 11.5 Å². The molecular weight excluding hydrogens is 228 g/mol. The van der Waals surface area contributed by atoms with Gasteiger partial charge in [-0.2, -0.15) is 0 Å². The van der Waals surface area contributed by atoms with E-state index in [4.69, 9.17) is 11.5 Å². The Morgan fingerprint density at radius 1 is 1.67 bits per heavy atom. The zero-order chi connectivity index (χ0) is 13.2. The van der Waals surface area contributed by atoms with E-state index >= 15 is 0 Å². The maximum atomic E-state index is 11.5. The number of amides is 1. The normalized spacial score (nSPS) is 26.1. The minimum atomic E-state index is -0.435. The van der Waals surface area contributed by atoms with Crippen molar-refractivity contribution < 1.29 is 4.79 Å². The predicted octanol–water partition coefficient (Wildman–Crippen LogP) is 0.279. The van der Waals surface area contributed by atoms with E-state index in [1.165, 1.54) is 0 Å². The Kier molecular flexibility index (Phi) is 3.63. The van der Waals surface area contributed by atoms with Crippen LogP contribution >= 0.6 is 0 Å². The standard InChI is InChI=1S/C13H20N4O/c1-13(12(15)18)4-6-17(9-13)11(7-14)10-3-2-5-16-8-10/h2-3,5,8,11H,4,6-7,9,14H2,1H3,(H2,15,18). The number of nitrogens with two attached hydrogens (primary N) is 2. The third kappa shape index (κ3) is 2.37. The van der Waals surface area contributed by atoms with Gasteiger partial charge in [0.05, 0.1) is 5.41 Å². The second kappa shape index (κ2) is 5.04. The fourth-order valence-electron chi connectivity index (χ4n) is 2.53. The first-order chi connectivity index (χ1) is 8.57. The van der Waals surface area contributed by atoms with Crippen LogP contribution in [-0.2, 0) is 4.79 Å². The molecule has 4 N–H and O–H groups in total. The third-order valence-corrected chi connectivity index (χ3v) is 3.83. The maximum absolute atomic E-state index is 11.5. The first-order valence-corrected chi connectivity index (χ1v) is 6.21. The van der Waals surface area contributed by atoms with E-state index in [0.29, 0.717) is 13.1 Å². The number of rotatable bonds is 4. The molecule has 2 atom stereocenters. The second-order valence-corrected chi connectivity index (χ2v) is 5.18. The number of carbonyl (C=O) groups excluding carboxylic acids is 1. The summed E-state index contributed by atoms with van der Waals surface area (Å²) in [6.45, 7) is 3.95. The van der Waals surface area contributed by atoms with E-state index in [-0.39, 0.29) is 11.9 Å². The summed E-state index contributed by atoms with van der Waals surface area (Å²) in [7, 11) is 0. The fourth-order valence-corrected chi connectivity index (χ4v) is 2.53. The minimum Gasteiger partial charge on any atom is -0.369 e. The number of pyridine rings is 1. The number of hydrogen-bond donors (Lipinski definition) is 2. The monoisotopic (exact) mass is 248 g/mol. The Hall–Kier alpha value is -1.46. The van der Waals surface area contributed by atoms with Crippen LogP contribution in [-0.4, -0.2) is 35.4 Å². The lowest BCUT2D eigenvalue weighted by Crippen LogP contribution is -2.39. The van der Waals surface area contributed by atoms with Crippen molar-refractivity contribution in [2.45, 2.75) is 19.4 Å². The zero-order valence-electron chi connectivity index (χ0n) is 10.7. The lowest BCUT2D eigenvalue weighted by atomic mass is 9.89. The molecule has 2 heterocycles. The van der Waals surface area contributed by atoms with Gasteiger partial charge >= 0.3 is 0 Å². The van der Waals surface area contributed by atoms with Gasteiger partial charge in [0.2, 0.25) is 5.91 Å². The SMILES string of the molecule is CC1(C(N)=O)CCN(C(CN)c2cccnc2)C1. The highest BCUT2D eigenvalue weighted by Gasteiger charge is 2.41. The highest BCUT2D eigenvalue weighted by Crippen LogP contribution is 2.34. The Morgan fingerprint density at radius 2 is 2.44 bits per heavy atom. The molecule has 0 bridgehead atoms. The first-order valence-electron chi connectivity index (χ1n) is 6.21. The Morgan fingerprint density at radius 3 is 2.94 bits per heavy atom. The molecule has 2 rings (SSSR count). The molecule has 1 aromatic rings. The molecule has 0 aromatic carbocycles. The number of hydrogen-bond acceptors (Lipinski definition) is 4. The summed E-state index contributed by atoms with van der Waals surface area (Å²) in [5.41, 5.74) is 12.0. The molecular formula is C13H20N4O. The highest BCUT2D eigenvalue weighted by molar-refractivity contribution is 5.81.